The van der Waals surface area contributed by atoms with Crippen LogP contribution in [-0.4, -0.2) is 19.1 Å². The topological polar surface area (TPSA) is 21.3 Å². The zero-order valence-electron chi connectivity index (χ0n) is 11.4. The molecular formula is C9H9F2NO. The molecule has 0 atom stereocenters. The van der Waals surface area contributed by atoms with Gasteiger partial charge in [0.25, 0.3) is 0 Å². The summed E-state index contributed by atoms with van der Waals surface area (Å²) in [5, 5.41) is 1.87. The number of hydrogen-bond donors (Lipinski definition) is 1. The molecule has 0 spiro atoms. The van der Waals surface area contributed by atoms with E-state index in [0.29, 0.717) is 6.07 Å². The molecule has 1 N–H and O–H groups in total. The third-order valence-electron chi connectivity index (χ3n) is 1.41. The van der Waals surface area contributed by atoms with E-state index in [4.69, 9.17) is 11.6 Å². The molecule has 1 fully saturated rings. The summed E-state index contributed by atoms with van der Waals surface area (Å²) in [4.78, 5) is 0. The first-order valence-corrected chi connectivity index (χ1v) is 3.52. The molecule has 1 aromatic rings. The molecule has 1 heterocycles. The van der Waals surface area contributed by atoms with Gasteiger partial charge in [-0.15, -0.1) is 0 Å². The third-order valence-corrected chi connectivity index (χ3v) is 1.41. The van der Waals surface area contributed by atoms with Crippen molar-refractivity contribution in [2.75, 3.05) is 13.0 Å². The van der Waals surface area contributed by atoms with Gasteiger partial charge in [0.05, 0.1) is 1.37 Å². The van der Waals surface area contributed by atoms with Crippen molar-refractivity contribution in [3.8, 4) is 5.75 Å². The van der Waals surface area contributed by atoms with Crippen LogP contribution in [0.25, 0.3) is 0 Å². The average Bonchev–Trinajstić information content (AvgIpc) is 2.13. The van der Waals surface area contributed by atoms with Gasteiger partial charge in [0.15, 0.2) is 0 Å². The van der Waals surface area contributed by atoms with E-state index in [-0.39, 0.29) is 0 Å². The van der Waals surface area contributed by atoms with Crippen LogP contribution >= 0.6 is 0 Å². The van der Waals surface area contributed by atoms with Crippen LogP contribution in [-0.2, 0) is 0 Å². The molecule has 0 bridgehead atoms. The van der Waals surface area contributed by atoms with Crippen molar-refractivity contribution in [2.45, 2.75) is 6.08 Å². The van der Waals surface area contributed by atoms with Crippen molar-refractivity contribution in [3.05, 3.63) is 29.8 Å². The van der Waals surface area contributed by atoms with Gasteiger partial charge in [-0.1, -0.05) is 0 Å². The Morgan fingerprint density at radius 1 is 1.38 bits per heavy atom. The van der Waals surface area contributed by atoms with Crippen molar-refractivity contribution in [2.24, 2.45) is 0 Å². The molecule has 13 heavy (non-hydrogen) atoms. The molecule has 1 aromatic carbocycles. The minimum absolute atomic E-state index is 0.447. The van der Waals surface area contributed by atoms with E-state index in [1.165, 1.54) is 0 Å². The fourth-order valence-corrected chi connectivity index (χ4v) is 0.870. The van der Waals surface area contributed by atoms with Gasteiger partial charge >= 0.3 is 0 Å². The Morgan fingerprint density at radius 2 is 2.00 bits per heavy atom. The molecule has 2 nitrogen and oxygen atoms in total. The lowest BCUT2D eigenvalue weighted by atomic mass is 10.2. The average molecular weight is 190 g/mol. The van der Waals surface area contributed by atoms with Gasteiger partial charge < -0.3 is 10.1 Å². The summed E-state index contributed by atoms with van der Waals surface area (Å²) in [5.74, 6) is -2.36. The van der Waals surface area contributed by atoms with Gasteiger partial charge in [-0.2, -0.15) is 0 Å². The first-order valence-electron chi connectivity index (χ1n) is 6.02. The predicted molar refractivity (Wildman–Crippen MR) is 43.6 cm³/mol. The number of hydrogen-bond acceptors (Lipinski definition) is 2. The van der Waals surface area contributed by atoms with E-state index >= 15 is 0 Å². The minimum Gasteiger partial charge on any atom is -0.488 e. The van der Waals surface area contributed by atoms with Gasteiger partial charge in [-0.05, 0) is 0 Å². The molecule has 1 aliphatic rings. The summed E-state index contributed by atoms with van der Waals surface area (Å²) in [6.45, 7) is -4.95. The second-order valence-electron chi connectivity index (χ2n) is 2.41. The van der Waals surface area contributed by atoms with E-state index in [2.05, 4.69) is 0 Å². The summed E-state index contributed by atoms with van der Waals surface area (Å²) in [6, 6.07) is 2.10. The standard InChI is InChI=1S/C9H9F2NO/c10-6-1-7(11)3-8(2-6)13-9-4-12-5-9/h1-3,9,12H,4-5H2/i4D2,5D2,9D. The molecule has 1 aliphatic heterocycles. The fourth-order valence-electron chi connectivity index (χ4n) is 0.870. The first kappa shape index (κ1) is 4.37. The highest BCUT2D eigenvalue weighted by Crippen LogP contribution is 2.17. The maximum absolute atomic E-state index is 12.9. The number of ether oxygens (including phenoxy) is 1. The largest absolute Gasteiger partial charge is 0.488 e. The Morgan fingerprint density at radius 3 is 2.54 bits per heavy atom. The maximum atomic E-state index is 12.9. The summed E-state index contributed by atoms with van der Waals surface area (Å²) in [7, 11) is 0. The van der Waals surface area contributed by atoms with Crippen LogP contribution in [0.3, 0.4) is 0 Å². The quantitative estimate of drug-likeness (QED) is 0.759. The van der Waals surface area contributed by atoms with Crippen molar-refractivity contribution in [3.63, 3.8) is 0 Å². The molecule has 70 valence electrons. The van der Waals surface area contributed by atoms with Gasteiger partial charge in [-0.3, -0.25) is 0 Å². The van der Waals surface area contributed by atoms with Gasteiger partial charge in [0.2, 0.25) is 0 Å². The van der Waals surface area contributed by atoms with E-state index < -0.39 is 36.5 Å². The molecule has 0 amide bonds. The van der Waals surface area contributed by atoms with Gasteiger partial charge in [0.1, 0.15) is 23.5 Å². The van der Waals surface area contributed by atoms with Crippen LogP contribution < -0.4 is 10.1 Å². The molecular weight excluding hydrogens is 176 g/mol. The summed E-state index contributed by atoms with van der Waals surface area (Å²) >= 11 is 0. The zero-order chi connectivity index (χ0) is 13.8. The smallest absolute Gasteiger partial charge is 0.129 e. The van der Waals surface area contributed by atoms with Crippen molar-refractivity contribution < 1.29 is 20.4 Å². The molecule has 2 rings (SSSR count). The van der Waals surface area contributed by atoms with E-state index in [0.717, 1.165) is 12.1 Å². The number of nitrogens with one attached hydrogen (secondary N) is 1. The Hall–Kier alpha value is -1.16. The molecule has 0 radical (unpaired) electrons. The van der Waals surface area contributed by atoms with Crippen molar-refractivity contribution >= 4 is 0 Å². The summed E-state index contributed by atoms with van der Waals surface area (Å²) in [5.41, 5.74) is 0. The number of halogens is 2. The van der Waals surface area contributed by atoms with Gasteiger partial charge in [0, 0.05) is 36.7 Å². The lowest BCUT2D eigenvalue weighted by Gasteiger charge is -2.27. The predicted octanol–water partition coefficient (Wildman–Crippen LogP) is 1.32. The van der Waals surface area contributed by atoms with Crippen LogP contribution in [0.1, 0.15) is 6.85 Å². The van der Waals surface area contributed by atoms with Crippen LogP contribution in [0.5, 0.6) is 5.75 Å². The monoisotopic (exact) mass is 190 g/mol. The summed E-state index contributed by atoms with van der Waals surface area (Å²) < 4.78 is 67.7. The Kier molecular flexibility index (Phi) is 1.11. The molecule has 0 aromatic heterocycles. The highest BCUT2D eigenvalue weighted by Gasteiger charge is 2.18. The SMILES string of the molecule is [2H]C1([2H])NC([2H])([2H])C1([2H])Oc1cc(F)cc(F)c1. The number of benzene rings is 1. The first-order chi connectivity index (χ1) is 8.07. The van der Waals surface area contributed by atoms with Gasteiger partial charge in [-0.25, -0.2) is 8.78 Å². The zero-order valence-corrected chi connectivity index (χ0v) is 6.40. The Labute approximate surface area is 81.5 Å². The Bertz CT molecular complexity index is 462. The molecule has 0 aliphatic carbocycles. The second-order valence-corrected chi connectivity index (χ2v) is 2.41. The van der Waals surface area contributed by atoms with Crippen LogP contribution in [0.4, 0.5) is 8.78 Å². The summed E-state index contributed by atoms with van der Waals surface area (Å²) in [6.07, 6.45) is -2.62. The molecule has 0 unspecified atom stereocenters. The highest BCUT2D eigenvalue weighted by molar-refractivity contribution is 5.24. The van der Waals surface area contributed by atoms with Crippen LogP contribution in [0, 0.1) is 11.6 Å². The maximum Gasteiger partial charge on any atom is 0.129 e. The van der Waals surface area contributed by atoms with Crippen LogP contribution in [0.2, 0.25) is 0 Å². The molecule has 1 saturated heterocycles. The normalized spacial score (nSPS) is 32.6. The van der Waals surface area contributed by atoms with E-state index in [1.54, 1.807) is 0 Å². The lowest BCUT2D eigenvalue weighted by Crippen LogP contribution is -2.50. The number of rotatable bonds is 2. The van der Waals surface area contributed by atoms with Crippen LogP contribution in [0.15, 0.2) is 18.2 Å². The van der Waals surface area contributed by atoms with E-state index in [9.17, 15) is 8.78 Å². The van der Waals surface area contributed by atoms with Crippen molar-refractivity contribution in [1.82, 2.24) is 5.32 Å². The second kappa shape index (κ2) is 3.30. The molecule has 4 heteroatoms. The fraction of sp³-hybridized carbons (Fsp3) is 0.333. The Balaban J connectivity index is 2.33. The minimum atomic E-state index is -2.62. The van der Waals surface area contributed by atoms with E-state index in [1.807, 2.05) is 5.32 Å². The highest BCUT2D eigenvalue weighted by atomic mass is 19.1. The lowest BCUT2D eigenvalue weighted by molar-refractivity contribution is 0.141. The molecule has 0 saturated carbocycles. The van der Waals surface area contributed by atoms with Crippen molar-refractivity contribution in [1.29, 1.82) is 0 Å². The third kappa shape index (κ3) is 1.95.